The van der Waals surface area contributed by atoms with Crippen molar-refractivity contribution in [2.45, 2.75) is 20.3 Å². The lowest BCUT2D eigenvalue weighted by atomic mass is 9.89. The summed E-state index contributed by atoms with van der Waals surface area (Å²) < 4.78 is 0. The van der Waals surface area contributed by atoms with Crippen LogP contribution in [0.5, 0.6) is 0 Å². The minimum atomic E-state index is -1.09. The highest BCUT2D eigenvalue weighted by molar-refractivity contribution is 5.94. The van der Waals surface area contributed by atoms with E-state index in [1.807, 2.05) is 0 Å². The second-order valence-electron chi connectivity index (χ2n) is 4.64. The first-order chi connectivity index (χ1) is 8.35. The molecule has 1 aromatic carbocycles. The van der Waals surface area contributed by atoms with E-state index in [1.54, 1.807) is 24.3 Å². The van der Waals surface area contributed by atoms with Crippen LogP contribution in [0.25, 0.3) is 0 Å². The molecule has 1 aromatic rings. The second kappa shape index (κ2) is 5.37. The number of benzene rings is 1. The van der Waals surface area contributed by atoms with Crippen LogP contribution in [-0.2, 0) is 9.59 Å². The van der Waals surface area contributed by atoms with Crippen LogP contribution in [0.15, 0.2) is 24.3 Å². The van der Waals surface area contributed by atoms with Crippen LogP contribution >= 0.6 is 0 Å². The maximum atomic E-state index is 11.7. The molecular formula is C14H15NO3. The summed E-state index contributed by atoms with van der Waals surface area (Å²) in [7, 11) is 0. The Morgan fingerprint density at radius 2 is 2.11 bits per heavy atom. The molecule has 18 heavy (non-hydrogen) atoms. The van der Waals surface area contributed by atoms with Crippen LogP contribution in [0, 0.1) is 17.8 Å². The van der Waals surface area contributed by atoms with Gasteiger partial charge in [-0.3, -0.25) is 9.59 Å². The molecule has 0 atom stereocenters. The highest BCUT2D eigenvalue weighted by Crippen LogP contribution is 2.21. The summed E-state index contributed by atoms with van der Waals surface area (Å²) in [6.45, 7) is 3.01. The van der Waals surface area contributed by atoms with Gasteiger partial charge in [0.2, 0.25) is 5.91 Å². The predicted octanol–water partition coefficient (Wildman–Crippen LogP) is 2.11. The smallest absolute Gasteiger partial charge is 0.309 e. The van der Waals surface area contributed by atoms with Crippen molar-refractivity contribution in [1.82, 2.24) is 0 Å². The number of carbonyl (C=O) groups excluding carboxylic acids is 1. The molecule has 0 radical (unpaired) electrons. The SMILES string of the molecule is C#Cc1cccc(NC(=O)CC(C)(C)C(=O)O)c1. The molecule has 0 saturated carbocycles. The van der Waals surface area contributed by atoms with Crippen LogP contribution in [0.1, 0.15) is 25.8 Å². The van der Waals surface area contributed by atoms with Gasteiger partial charge in [-0.25, -0.2) is 0 Å². The average molecular weight is 245 g/mol. The zero-order chi connectivity index (χ0) is 13.8. The average Bonchev–Trinajstić information content (AvgIpc) is 2.28. The Balaban J connectivity index is 2.71. The molecule has 0 fully saturated rings. The van der Waals surface area contributed by atoms with Gasteiger partial charge in [0.05, 0.1) is 5.41 Å². The Hall–Kier alpha value is -2.28. The van der Waals surface area contributed by atoms with Crippen molar-refractivity contribution in [2.75, 3.05) is 5.32 Å². The summed E-state index contributed by atoms with van der Waals surface area (Å²) in [5.41, 5.74) is 0.135. The number of hydrogen-bond donors (Lipinski definition) is 2. The Morgan fingerprint density at radius 1 is 1.44 bits per heavy atom. The molecule has 2 N–H and O–H groups in total. The fourth-order valence-corrected chi connectivity index (χ4v) is 1.37. The molecule has 0 unspecified atom stereocenters. The topological polar surface area (TPSA) is 66.4 Å². The molecule has 1 rings (SSSR count). The third-order valence-electron chi connectivity index (χ3n) is 2.49. The van der Waals surface area contributed by atoms with Crippen molar-refractivity contribution in [2.24, 2.45) is 5.41 Å². The number of rotatable bonds is 4. The predicted molar refractivity (Wildman–Crippen MR) is 69.0 cm³/mol. The van der Waals surface area contributed by atoms with Gasteiger partial charge < -0.3 is 10.4 Å². The minimum absolute atomic E-state index is 0.0946. The number of carboxylic acids is 1. The molecule has 0 spiro atoms. The molecule has 0 heterocycles. The fourth-order valence-electron chi connectivity index (χ4n) is 1.37. The van der Waals surface area contributed by atoms with Crippen LogP contribution in [0.3, 0.4) is 0 Å². The molecule has 0 bridgehead atoms. The Labute approximate surface area is 106 Å². The largest absolute Gasteiger partial charge is 0.481 e. The summed E-state index contributed by atoms with van der Waals surface area (Å²) in [5.74, 6) is 1.11. The van der Waals surface area contributed by atoms with Gasteiger partial charge in [-0.1, -0.05) is 12.0 Å². The standard InChI is InChI=1S/C14H15NO3/c1-4-10-6-5-7-11(8-10)15-12(16)9-14(2,3)13(17)18/h1,5-8H,9H2,2-3H3,(H,15,16)(H,17,18). The van der Waals surface area contributed by atoms with E-state index in [2.05, 4.69) is 11.2 Å². The number of anilines is 1. The van der Waals surface area contributed by atoms with E-state index in [1.165, 1.54) is 13.8 Å². The van der Waals surface area contributed by atoms with E-state index in [9.17, 15) is 9.59 Å². The maximum Gasteiger partial charge on any atom is 0.309 e. The first-order valence-electron chi connectivity index (χ1n) is 5.45. The van der Waals surface area contributed by atoms with Gasteiger partial charge in [0.15, 0.2) is 0 Å². The summed E-state index contributed by atoms with van der Waals surface area (Å²) in [5, 5.41) is 11.6. The monoisotopic (exact) mass is 245 g/mol. The molecule has 0 aliphatic rings. The van der Waals surface area contributed by atoms with Gasteiger partial charge in [0.25, 0.3) is 0 Å². The molecule has 4 nitrogen and oxygen atoms in total. The van der Waals surface area contributed by atoms with Crippen molar-refractivity contribution in [3.63, 3.8) is 0 Å². The van der Waals surface area contributed by atoms with Crippen LogP contribution in [-0.4, -0.2) is 17.0 Å². The minimum Gasteiger partial charge on any atom is -0.481 e. The first-order valence-corrected chi connectivity index (χ1v) is 5.45. The van der Waals surface area contributed by atoms with E-state index in [0.29, 0.717) is 11.3 Å². The number of carbonyl (C=O) groups is 2. The van der Waals surface area contributed by atoms with E-state index in [4.69, 9.17) is 11.5 Å². The summed E-state index contributed by atoms with van der Waals surface area (Å²) in [6.07, 6.45) is 5.16. The van der Waals surface area contributed by atoms with E-state index >= 15 is 0 Å². The van der Waals surface area contributed by atoms with Crippen molar-refractivity contribution < 1.29 is 14.7 Å². The zero-order valence-corrected chi connectivity index (χ0v) is 10.4. The molecule has 0 saturated heterocycles. The van der Waals surface area contributed by atoms with Gasteiger partial charge >= 0.3 is 5.97 Å². The quantitative estimate of drug-likeness (QED) is 0.798. The molecular weight excluding hydrogens is 230 g/mol. The Kier molecular flexibility index (Phi) is 4.11. The third kappa shape index (κ3) is 3.63. The van der Waals surface area contributed by atoms with E-state index in [-0.39, 0.29) is 12.3 Å². The second-order valence-corrected chi connectivity index (χ2v) is 4.64. The molecule has 94 valence electrons. The van der Waals surface area contributed by atoms with Crippen molar-refractivity contribution in [3.05, 3.63) is 29.8 Å². The lowest BCUT2D eigenvalue weighted by Gasteiger charge is -2.18. The number of amides is 1. The maximum absolute atomic E-state index is 11.7. The zero-order valence-electron chi connectivity index (χ0n) is 10.4. The molecule has 0 aromatic heterocycles. The highest BCUT2D eigenvalue weighted by atomic mass is 16.4. The number of terminal acetylenes is 1. The lowest BCUT2D eigenvalue weighted by Crippen LogP contribution is -2.29. The number of hydrogen-bond acceptors (Lipinski definition) is 2. The van der Waals surface area contributed by atoms with Crippen molar-refractivity contribution >= 4 is 17.6 Å². The molecule has 0 aliphatic heterocycles. The van der Waals surface area contributed by atoms with Gasteiger partial charge in [-0.15, -0.1) is 6.42 Å². The number of nitrogens with one attached hydrogen (secondary N) is 1. The van der Waals surface area contributed by atoms with E-state index < -0.39 is 11.4 Å². The molecule has 1 amide bonds. The Morgan fingerprint density at radius 3 is 2.67 bits per heavy atom. The fraction of sp³-hybridized carbons (Fsp3) is 0.286. The highest BCUT2D eigenvalue weighted by Gasteiger charge is 2.30. The summed E-state index contributed by atoms with van der Waals surface area (Å²) in [6, 6.07) is 6.84. The third-order valence-corrected chi connectivity index (χ3v) is 2.49. The Bertz CT molecular complexity index is 512. The van der Waals surface area contributed by atoms with Gasteiger partial charge in [0.1, 0.15) is 0 Å². The van der Waals surface area contributed by atoms with Crippen LogP contribution in [0.4, 0.5) is 5.69 Å². The van der Waals surface area contributed by atoms with Crippen molar-refractivity contribution in [3.8, 4) is 12.3 Å². The molecule has 0 aliphatic carbocycles. The molecule has 4 heteroatoms. The van der Waals surface area contributed by atoms with Crippen LogP contribution < -0.4 is 5.32 Å². The van der Waals surface area contributed by atoms with Gasteiger partial charge in [-0.2, -0.15) is 0 Å². The number of aliphatic carboxylic acids is 1. The van der Waals surface area contributed by atoms with E-state index in [0.717, 1.165) is 0 Å². The van der Waals surface area contributed by atoms with Crippen LogP contribution in [0.2, 0.25) is 0 Å². The summed E-state index contributed by atoms with van der Waals surface area (Å²) >= 11 is 0. The lowest BCUT2D eigenvalue weighted by molar-refractivity contribution is -0.148. The normalized spacial score (nSPS) is 10.5. The summed E-state index contributed by atoms with van der Waals surface area (Å²) in [4.78, 5) is 22.6. The van der Waals surface area contributed by atoms with Crippen molar-refractivity contribution in [1.29, 1.82) is 0 Å². The van der Waals surface area contributed by atoms with Gasteiger partial charge in [0, 0.05) is 17.7 Å². The number of carboxylic acid groups (broad SMARTS) is 1. The van der Waals surface area contributed by atoms with Gasteiger partial charge in [-0.05, 0) is 32.0 Å². The first kappa shape index (κ1) is 13.8.